The summed E-state index contributed by atoms with van der Waals surface area (Å²) >= 11 is 6.20. The van der Waals surface area contributed by atoms with E-state index in [-0.39, 0.29) is 5.28 Å². The quantitative estimate of drug-likeness (QED) is 0.368. The Hall–Kier alpha value is -3.50. The number of benzene rings is 3. The van der Waals surface area contributed by atoms with Gasteiger partial charge in [-0.25, -0.2) is 4.98 Å². The standard InChI is InChI=1S/C23H14ClN3O/c24-23-26-21(17-12-10-16(11-13-17)15-6-2-1-3-7-15)25-22(27-23)19-14-28-20-9-5-4-8-18(19)20/h1-14H. The van der Waals surface area contributed by atoms with Crippen LogP contribution in [-0.4, -0.2) is 15.0 Å². The van der Waals surface area contributed by atoms with Crippen molar-refractivity contribution in [3.8, 4) is 33.9 Å². The molecule has 0 fully saturated rings. The third-order valence-corrected chi connectivity index (χ3v) is 4.75. The number of hydrogen-bond acceptors (Lipinski definition) is 4. The summed E-state index contributed by atoms with van der Waals surface area (Å²) in [7, 11) is 0. The number of aromatic nitrogens is 3. The van der Waals surface area contributed by atoms with Gasteiger partial charge < -0.3 is 4.42 Å². The lowest BCUT2D eigenvalue weighted by molar-refractivity contribution is 0.616. The molecule has 0 aliphatic carbocycles. The Balaban J connectivity index is 1.56. The molecule has 0 spiro atoms. The Bertz CT molecular complexity index is 1260. The summed E-state index contributed by atoms with van der Waals surface area (Å²) in [5, 5.41) is 1.09. The second-order valence-electron chi connectivity index (χ2n) is 6.34. The Labute approximate surface area is 166 Å². The summed E-state index contributed by atoms with van der Waals surface area (Å²) in [5.41, 5.74) is 4.74. The summed E-state index contributed by atoms with van der Waals surface area (Å²) in [5.74, 6) is 1.02. The topological polar surface area (TPSA) is 51.8 Å². The molecule has 0 atom stereocenters. The Morgan fingerprint density at radius 1 is 0.607 bits per heavy atom. The molecule has 0 aliphatic heterocycles. The largest absolute Gasteiger partial charge is 0.464 e. The first kappa shape index (κ1) is 16.7. The molecule has 3 aromatic carbocycles. The van der Waals surface area contributed by atoms with E-state index in [1.165, 1.54) is 0 Å². The minimum Gasteiger partial charge on any atom is -0.464 e. The molecule has 0 radical (unpaired) electrons. The van der Waals surface area contributed by atoms with Gasteiger partial charge in [-0.05, 0) is 28.8 Å². The highest BCUT2D eigenvalue weighted by Gasteiger charge is 2.14. The number of hydrogen-bond donors (Lipinski definition) is 0. The zero-order chi connectivity index (χ0) is 18.9. The van der Waals surface area contributed by atoms with Crippen LogP contribution < -0.4 is 0 Å². The Morgan fingerprint density at radius 2 is 1.25 bits per heavy atom. The maximum Gasteiger partial charge on any atom is 0.226 e. The molecule has 5 heteroatoms. The summed E-state index contributed by atoms with van der Waals surface area (Å²) in [6, 6.07) is 26.1. The van der Waals surface area contributed by atoms with Crippen molar-refractivity contribution >= 4 is 22.6 Å². The van der Waals surface area contributed by atoms with Crippen LogP contribution in [0.3, 0.4) is 0 Å². The van der Waals surface area contributed by atoms with Gasteiger partial charge in [-0.2, -0.15) is 9.97 Å². The molecule has 4 nitrogen and oxygen atoms in total. The van der Waals surface area contributed by atoms with Crippen LogP contribution in [0.5, 0.6) is 0 Å². The van der Waals surface area contributed by atoms with Gasteiger partial charge in [0.1, 0.15) is 11.8 Å². The van der Waals surface area contributed by atoms with Crippen molar-refractivity contribution in [2.45, 2.75) is 0 Å². The summed E-state index contributed by atoms with van der Waals surface area (Å²) in [4.78, 5) is 13.2. The van der Waals surface area contributed by atoms with Crippen molar-refractivity contribution in [3.63, 3.8) is 0 Å². The number of para-hydroxylation sites is 1. The van der Waals surface area contributed by atoms with Gasteiger partial charge >= 0.3 is 0 Å². The van der Waals surface area contributed by atoms with Crippen LogP contribution in [0.4, 0.5) is 0 Å². The van der Waals surface area contributed by atoms with Crippen molar-refractivity contribution < 1.29 is 4.42 Å². The second-order valence-corrected chi connectivity index (χ2v) is 6.68. The minimum absolute atomic E-state index is 0.150. The molecule has 134 valence electrons. The number of nitrogens with zero attached hydrogens (tertiary/aromatic N) is 3. The zero-order valence-electron chi connectivity index (χ0n) is 14.7. The summed E-state index contributed by atoms with van der Waals surface area (Å²) < 4.78 is 5.61. The molecule has 0 bridgehead atoms. The van der Waals surface area contributed by atoms with Crippen molar-refractivity contribution in [1.82, 2.24) is 15.0 Å². The first-order valence-electron chi connectivity index (χ1n) is 8.82. The van der Waals surface area contributed by atoms with E-state index < -0.39 is 0 Å². The highest BCUT2D eigenvalue weighted by atomic mass is 35.5. The first-order valence-corrected chi connectivity index (χ1v) is 9.20. The molecule has 0 unspecified atom stereocenters. The normalized spacial score (nSPS) is 11.0. The fourth-order valence-electron chi connectivity index (χ4n) is 3.19. The van der Waals surface area contributed by atoms with E-state index in [1.54, 1.807) is 6.26 Å². The lowest BCUT2D eigenvalue weighted by Gasteiger charge is -2.06. The lowest BCUT2D eigenvalue weighted by atomic mass is 10.0. The van der Waals surface area contributed by atoms with Gasteiger partial charge in [0.2, 0.25) is 5.28 Å². The van der Waals surface area contributed by atoms with E-state index >= 15 is 0 Å². The SMILES string of the molecule is Clc1nc(-c2ccc(-c3ccccc3)cc2)nc(-c2coc3ccccc23)n1. The predicted octanol–water partition coefficient (Wildman–Crippen LogP) is 6.27. The van der Waals surface area contributed by atoms with Gasteiger partial charge in [0, 0.05) is 10.9 Å². The van der Waals surface area contributed by atoms with E-state index in [4.69, 9.17) is 16.0 Å². The van der Waals surface area contributed by atoms with Crippen molar-refractivity contribution in [2.75, 3.05) is 0 Å². The maximum atomic E-state index is 6.20. The molecule has 0 amide bonds. The van der Waals surface area contributed by atoms with Crippen LogP contribution in [0.15, 0.2) is 89.5 Å². The minimum atomic E-state index is 0.150. The first-order chi connectivity index (χ1) is 13.8. The Kier molecular flexibility index (Phi) is 4.11. The Morgan fingerprint density at radius 3 is 2.07 bits per heavy atom. The molecule has 0 saturated heterocycles. The smallest absolute Gasteiger partial charge is 0.226 e. The number of rotatable bonds is 3. The molecule has 2 heterocycles. The highest BCUT2D eigenvalue weighted by molar-refractivity contribution is 6.28. The molecule has 5 rings (SSSR count). The van der Waals surface area contributed by atoms with Crippen LogP contribution in [-0.2, 0) is 0 Å². The van der Waals surface area contributed by atoms with Crippen LogP contribution in [0.1, 0.15) is 0 Å². The third-order valence-electron chi connectivity index (χ3n) is 4.58. The fourth-order valence-corrected chi connectivity index (χ4v) is 3.35. The predicted molar refractivity (Wildman–Crippen MR) is 111 cm³/mol. The van der Waals surface area contributed by atoms with Gasteiger partial charge in [-0.15, -0.1) is 0 Å². The van der Waals surface area contributed by atoms with E-state index in [0.29, 0.717) is 11.6 Å². The summed E-state index contributed by atoms with van der Waals surface area (Å²) in [6.45, 7) is 0. The van der Waals surface area contributed by atoms with Gasteiger partial charge in [0.15, 0.2) is 11.6 Å². The highest BCUT2D eigenvalue weighted by Crippen LogP contribution is 2.30. The molecule has 0 N–H and O–H groups in total. The monoisotopic (exact) mass is 383 g/mol. The van der Waals surface area contributed by atoms with Gasteiger partial charge in [-0.3, -0.25) is 0 Å². The number of halogens is 1. The number of furan rings is 1. The lowest BCUT2D eigenvalue weighted by Crippen LogP contribution is -1.96. The maximum absolute atomic E-state index is 6.20. The van der Waals surface area contributed by atoms with Gasteiger partial charge in [0.25, 0.3) is 0 Å². The molecule has 2 aromatic heterocycles. The third kappa shape index (κ3) is 3.04. The average molecular weight is 384 g/mol. The van der Waals surface area contributed by atoms with Gasteiger partial charge in [-0.1, -0.05) is 72.8 Å². The molecule has 0 saturated carbocycles. The average Bonchev–Trinajstić information content (AvgIpc) is 3.18. The van der Waals surface area contributed by atoms with Crippen LogP contribution in [0, 0.1) is 0 Å². The second kappa shape index (κ2) is 6.91. The molecular weight excluding hydrogens is 370 g/mol. The zero-order valence-corrected chi connectivity index (χ0v) is 15.5. The van der Waals surface area contributed by atoms with Crippen LogP contribution >= 0.6 is 11.6 Å². The molecule has 5 aromatic rings. The molecule has 28 heavy (non-hydrogen) atoms. The van der Waals surface area contributed by atoms with E-state index in [9.17, 15) is 0 Å². The van der Waals surface area contributed by atoms with Crippen molar-refractivity contribution in [2.24, 2.45) is 0 Å². The van der Waals surface area contributed by atoms with Crippen LogP contribution in [0.2, 0.25) is 5.28 Å². The summed E-state index contributed by atoms with van der Waals surface area (Å²) in [6.07, 6.45) is 1.65. The van der Waals surface area contributed by atoms with Crippen molar-refractivity contribution in [3.05, 3.63) is 90.4 Å². The van der Waals surface area contributed by atoms with E-state index in [1.807, 2.05) is 54.6 Å². The van der Waals surface area contributed by atoms with E-state index in [0.717, 1.165) is 33.2 Å². The molecular formula is C23H14ClN3O. The van der Waals surface area contributed by atoms with Crippen LogP contribution in [0.25, 0.3) is 44.9 Å². The number of fused-ring (bicyclic) bond motifs is 1. The molecule has 0 aliphatic rings. The fraction of sp³-hybridized carbons (Fsp3) is 0. The van der Waals surface area contributed by atoms with E-state index in [2.05, 4.69) is 39.2 Å². The van der Waals surface area contributed by atoms with Gasteiger partial charge in [0.05, 0.1) is 5.56 Å². The van der Waals surface area contributed by atoms with Crippen molar-refractivity contribution in [1.29, 1.82) is 0 Å².